The summed E-state index contributed by atoms with van der Waals surface area (Å²) < 4.78 is 0. The second-order valence-corrected chi connectivity index (χ2v) is 5.64. The molecule has 1 aromatic rings. The van der Waals surface area contributed by atoms with E-state index < -0.39 is 5.60 Å². The highest BCUT2D eigenvalue weighted by Gasteiger charge is 2.39. The molecule has 1 aromatic carbocycles. The number of nitrogens with one attached hydrogen (secondary N) is 1. The molecule has 1 aliphatic rings. The van der Waals surface area contributed by atoms with Crippen molar-refractivity contribution < 1.29 is 9.90 Å². The van der Waals surface area contributed by atoms with Crippen LogP contribution in [-0.2, 0) is 4.79 Å². The molecule has 21 heavy (non-hydrogen) atoms. The number of carbonyl (C=O) groups excluding carboxylic acids is 1. The first-order chi connectivity index (χ1) is 10.1. The number of carbonyl (C=O) groups is 1. The van der Waals surface area contributed by atoms with Crippen molar-refractivity contribution in [2.24, 2.45) is 0 Å². The maximum absolute atomic E-state index is 11.9. The molecule has 1 fully saturated rings. The molecule has 0 aliphatic carbocycles. The Bertz CT molecular complexity index is 545. The van der Waals surface area contributed by atoms with E-state index in [1.807, 2.05) is 0 Å². The molecule has 2 N–H and O–H groups in total. The molecule has 1 aliphatic heterocycles. The molecule has 0 radical (unpaired) electrons. The second-order valence-electron chi connectivity index (χ2n) is 5.64. The molecule has 0 atom stereocenters. The number of amides is 1. The van der Waals surface area contributed by atoms with E-state index in [1.54, 1.807) is 24.3 Å². The van der Waals surface area contributed by atoms with E-state index in [9.17, 15) is 9.90 Å². The predicted molar refractivity (Wildman–Crippen MR) is 80.7 cm³/mol. The maximum atomic E-state index is 11.9. The van der Waals surface area contributed by atoms with Crippen LogP contribution in [0.25, 0.3) is 0 Å². The number of nitrogens with zero attached hydrogens (tertiary/aromatic N) is 2. The summed E-state index contributed by atoms with van der Waals surface area (Å²) in [7, 11) is 0. The van der Waals surface area contributed by atoms with Crippen LogP contribution in [0.2, 0.25) is 0 Å². The number of nitriles is 1. The molecule has 0 bridgehead atoms. The van der Waals surface area contributed by atoms with E-state index in [0.29, 0.717) is 37.3 Å². The second kappa shape index (κ2) is 6.70. The lowest BCUT2D eigenvalue weighted by Crippen LogP contribution is -2.61. The van der Waals surface area contributed by atoms with Crippen molar-refractivity contribution in [3.63, 3.8) is 0 Å². The Hall–Kier alpha value is -1.90. The fraction of sp³-hybridized carbons (Fsp3) is 0.500. The Morgan fingerprint density at radius 3 is 2.86 bits per heavy atom. The van der Waals surface area contributed by atoms with Gasteiger partial charge in [0.25, 0.3) is 0 Å². The lowest BCUT2D eigenvalue weighted by Gasteiger charge is -2.46. The van der Waals surface area contributed by atoms with Crippen molar-refractivity contribution in [3.8, 4) is 6.07 Å². The summed E-state index contributed by atoms with van der Waals surface area (Å²) in [5.41, 5.74) is 0.460. The van der Waals surface area contributed by atoms with E-state index in [1.165, 1.54) is 0 Å². The van der Waals surface area contributed by atoms with Gasteiger partial charge in [-0.25, -0.2) is 0 Å². The summed E-state index contributed by atoms with van der Waals surface area (Å²) in [6.45, 7) is 3.97. The van der Waals surface area contributed by atoms with Gasteiger partial charge in [0.1, 0.15) is 6.07 Å². The number of hydrogen-bond acceptors (Lipinski definition) is 4. The third-order valence-electron chi connectivity index (χ3n) is 3.73. The van der Waals surface area contributed by atoms with Crippen molar-refractivity contribution in [2.75, 3.05) is 25.0 Å². The van der Waals surface area contributed by atoms with Crippen LogP contribution in [0.5, 0.6) is 0 Å². The molecule has 2 rings (SSSR count). The molecule has 1 saturated heterocycles. The van der Waals surface area contributed by atoms with E-state index in [-0.39, 0.29) is 5.91 Å². The lowest BCUT2D eigenvalue weighted by molar-refractivity contribution is -0.121. The molecule has 0 unspecified atom stereocenters. The summed E-state index contributed by atoms with van der Waals surface area (Å²) >= 11 is 0. The fourth-order valence-electron chi connectivity index (χ4n) is 2.73. The molecule has 0 saturated carbocycles. The number of aliphatic hydroxyl groups is 1. The molecule has 5 nitrogen and oxygen atoms in total. The number of hydrogen-bond donors (Lipinski definition) is 2. The Morgan fingerprint density at radius 1 is 1.48 bits per heavy atom. The summed E-state index contributed by atoms with van der Waals surface area (Å²) in [4.78, 5) is 14.0. The first-order valence-electron chi connectivity index (χ1n) is 7.30. The summed E-state index contributed by atoms with van der Waals surface area (Å²) in [6.07, 6.45) is 2.14. The topological polar surface area (TPSA) is 76.4 Å². The molecule has 1 heterocycles. The quantitative estimate of drug-likeness (QED) is 0.835. The maximum Gasteiger partial charge on any atom is 0.225 e. The first-order valence-corrected chi connectivity index (χ1v) is 7.30. The predicted octanol–water partition coefficient (Wildman–Crippen LogP) is 1.73. The monoisotopic (exact) mass is 287 g/mol. The molecule has 112 valence electrons. The minimum atomic E-state index is -0.557. The largest absolute Gasteiger partial charge is 0.387 e. The van der Waals surface area contributed by atoms with Gasteiger partial charge in [-0.2, -0.15) is 5.26 Å². The lowest BCUT2D eigenvalue weighted by atomic mass is 9.89. The minimum Gasteiger partial charge on any atom is -0.387 e. The van der Waals surface area contributed by atoms with Crippen molar-refractivity contribution in [1.82, 2.24) is 4.90 Å². The zero-order chi connectivity index (χ0) is 15.3. The number of para-hydroxylation sites is 1. The van der Waals surface area contributed by atoms with Gasteiger partial charge in [-0.3, -0.25) is 9.69 Å². The van der Waals surface area contributed by atoms with Gasteiger partial charge in [-0.05, 0) is 18.6 Å². The highest BCUT2D eigenvalue weighted by Crippen LogP contribution is 2.25. The van der Waals surface area contributed by atoms with E-state index in [2.05, 4.69) is 23.2 Å². The Labute approximate surface area is 125 Å². The highest BCUT2D eigenvalue weighted by atomic mass is 16.3. The number of benzene rings is 1. The molecule has 5 heteroatoms. The molecular formula is C16H21N3O2. The van der Waals surface area contributed by atoms with Crippen molar-refractivity contribution >= 4 is 11.6 Å². The van der Waals surface area contributed by atoms with Crippen LogP contribution in [0, 0.1) is 11.3 Å². The van der Waals surface area contributed by atoms with Gasteiger partial charge in [0.05, 0.1) is 16.9 Å². The standard InChI is InChI=1S/C16H21N3O2/c1-2-8-16(21)11-19(12-16)9-7-15(20)18-14-6-4-3-5-13(14)10-17/h3-6,21H,2,7-9,11-12H2,1H3,(H,18,20). The molecule has 0 aromatic heterocycles. The van der Waals surface area contributed by atoms with Crippen LogP contribution in [0.15, 0.2) is 24.3 Å². The van der Waals surface area contributed by atoms with Gasteiger partial charge in [0.2, 0.25) is 5.91 Å². The minimum absolute atomic E-state index is 0.108. The van der Waals surface area contributed by atoms with Crippen LogP contribution >= 0.6 is 0 Å². The molecular weight excluding hydrogens is 266 g/mol. The first kappa shape index (κ1) is 15.5. The number of β-amino-alcohol motifs (C(OH)–C–C–N with tert-alkyl or cyclic N) is 1. The van der Waals surface area contributed by atoms with Gasteiger partial charge in [-0.1, -0.05) is 25.5 Å². The fourth-order valence-corrected chi connectivity index (χ4v) is 2.73. The van der Waals surface area contributed by atoms with Crippen molar-refractivity contribution in [2.45, 2.75) is 31.8 Å². The smallest absolute Gasteiger partial charge is 0.225 e. The third kappa shape index (κ3) is 4.03. The summed E-state index contributed by atoms with van der Waals surface area (Å²) in [6, 6.07) is 9.01. The van der Waals surface area contributed by atoms with E-state index in [0.717, 1.165) is 12.8 Å². The number of likely N-dealkylation sites (tertiary alicyclic amines) is 1. The van der Waals surface area contributed by atoms with E-state index >= 15 is 0 Å². The molecule has 0 spiro atoms. The van der Waals surface area contributed by atoms with Gasteiger partial charge in [0.15, 0.2) is 0 Å². The van der Waals surface area contributed by atoms with Gasteiger partial charge in [0, 0.05) is 26.1 Å². The number of rotatable bonds is 6. The van der Waals surface area contributed by atoms with Gasteiger partial charge >= 0.3 is 0 Å². The highest BCUT2D eigenvalue weighted by molar-refractivity contribution is 5.92. The van der Waals surface area contributed by atoms with Crippen LogP contribution in [0.1, 0.15) is 31.7 Å². The normalized spacial score (nSPS) is 16.8. The van der Waals surface area contributed by atoms with Crippen LogP contribution in [-0.4, -0.2) is 41.1 Å². The van der Waals surface area contributed by atoms with E-state index in [4.69, 9.17) is 5.26 Å². The Morgan fingerprint density at radius 2 is 2.19 bits per heavy atom. The average molecular weight is 287 g/mol. The SMILES string of the molecule is CCCC1(O)CN(CCC(=O)Nc2ccccc2C#N)C1. The van der Waals surface area contributed by atoms with Crippen molar-refractivity contribution in [3.05, 3.63) is 29.8 Å². The van der Waals surface area contributed by atoms with Crippen LogP contribution in [0.3, 0.4) is 0 Å². The number of anilines is 1. The molecule has 1 amide bonds. The van der Waals surface area contributed by atoms with Crippen molar-refractivity contribution in [1.29, 1.82) is 5.26 Å². The Balaban J connectivity index is 1.76. The van der Waals surface area contributed by atoms with Gasteiger partial charge in [-0.15, -0.1) is 0 Å². The van der Waals surface area contributed by atoms with Crippen LogP contribution < -0.4 is 5.32 Å². The summed E-state index contributed by atoms with van der Waals surface area (Å²) in [5.74, 6) is -0.108. The zero-order valence-electron chi connectivity index (χ0n) is 12.3. The zero-order valence-corrected chi connectivity index (χ0v) is 12.3. The third-order valence-corrected chi connectivity index (χ3v) is 3.73. The van der Waals surface area contributed by atoms with Gasteiger partial charge < -0.3 is 10.4 Å². The average Bonchev–Trinajstić information content (AvgIpc) is 2.43. The van der Waals surface area contributed by atoms with Crippen LogP contribution in [0.4, 0.5) is 5.69 Å². The summed E-state index contributed by atoms with van der Waals surface area (Å²) in [5, 5.41) is 21.8. The Kier molecular flexibility index (Phi) is 4.94.